The average Bonchev–Trinajstić information content (AvgIpc) is 3.07. The first-order chi connectivity index (χ1) is 7.35. The Morgan fingerprint density at radius 2 is 2.07 bits per heavy atom. The third-order valence-electron chi connectivity index (χ3n) is 2.61. The first-order valence-corrected chi connectivity index (χ1v) is 5.70. The molecule has 0 radical (unpaired) electrons. The van der Waals surface area contributed by atoms with Crippen LogP contribution in [0.2, 0.25) is 0 Å². The predicted octanol–water partition coefficient (Wildman–Crippen LogP) is 2.60. The Morgan fingerprint density at radius 1 is 1.33 bits per heavy atom. The summed E-state index contributed by atoms with van der Waals surface area (Å²) in [6.45, 7) is 2.16. The largest absolute Gasteiger partial charge is 0.377 e. The van der Waals surface area contributed by atoms with Crippen molar-refractivity contribution < 1.29 is 9.47 Å². The zero-order valence-corrected chi connectivity index (χ0v) is 9.37. The summed E-state index contributed by atoms with van der Waals surface area (Å²) in [5.41, 5.74) is 1.13. The standard InChI is InChI=1S/C12H15ClO2/c13-9-12(10-15-12)6-7-14-8-11-4-2-1-3-5-11/h1-5H,6-10H2. The van der Waals surface area contributed by atoms with Crippen LogP contribution in [0.15, 0.2) is 30.3 Å². The average molecular weight is 227 g/mol. The molecule has 1 heterocycles. The molecule has 3 heteroatoms. The van der Waals surface area contributed by atoms with Crippen LogP contribution in [0.1, 0.15) is 12.0 Å². The van der Waals surface area contributed by atoms with Gasteiger partial charge in [0.25, 0.3) is 0 Å². The summed E-state index contributed by atoms with van der Waals surface area (Å²) < 4.78 is 10.8. The van der Waals surface area contributed by atoms with Crippen LogP contribution in [0, 0.1) is 0 Å². The minimum atomic E-state index is -0.0712. The van der Waals surface area contributed by atoms with Crippen LogP contribution in [-0.4, -0.2) is 24.7 Å². The molecule has 0 spiro atoms. The summed E-state index contributed by atoms with van der Waals surface area (Å²) in [5, 5.41) is 0. The van der Waals surface area contributed by atoms with Gasteiger partial charge in [0.15, 0.2) is 0 Å². The van der Waals surface area contributed by atoms with E-state index < -0.39 is 0 Å². The van der Waals surface area contributed by atoms with E-state index in [2.05, 4.69) is 12.1 Å². The van der Waals surface area contributed by atoms with Crippen molar-refractivity contribution in [3.63, 3.8) is 0 Å². The van der Waals surface area contributed by atoms with Crippen LogP contribution < -0.4 is 0 Å². The normalized spacial score (nSPS) is 24.1. The molecule has 82 valence electrons. The van der Waals surface area contributed by atoms with E-state index in [1.54, 1.807) is 0 Å². The molecule has 0 bridgehead atoms. The summed E-state index contributed by atoms with van der Waals surface area (Å²) in [5.74, 6) is 0.571. The van der Waals surface area contributed by atoms with Gasteiger partial charge in [-0.25, -0.2) is 0 Å². The molecule has 0 saturated carbocycles. The molecule has 1 fully saturated rings. The smallest absolute Gasteiger partial charge is 0.107 e. The van der Waals surface area contributed by atoms with Gasteiger partial charge in [-0.1, -0.05) is 30.3 Å². The Morgan fingerprint density at radius 3 is 2.67 bits per heavy atom. The van der Waals surface area contributed by atoms with Crippen molar-refractivity contribution in [2.75, 3.05) is 19.1 Å². The van der Waals surface area contributed by atoms with Crippen LogP contribution in [0.3, 0.4) is 0 Å². The Bertz CT molecular complexity index is 296. The van der Waals surface area contributed by atoms with Crippen molar-refractivity contribution in [2.45, 2.75) is 18.6 Å². The predicted molar refractivity (Wildman–Crippen MR) is 60.1 cm³/mol. The molecule has 1 aromatic rings. The number of rotatable bonds is 6. The van der Waals surface area contributed by atoms with Gasteiger partial charge in [0.1, 0.15) is 5.60 Å². The van der Waals surface area contributed by atoms with E-state index in [1.807, 2.05) is 18.2 Å². The molecule has 1 aliphatic heterocycles. The number of hydrogen-bond acceptors (Lipinski definition) is 2. The molecule has 1 atom stereocenters. The maximum atomic E-state index is 5.77. The van der Waals surface area contributed by atoms with Crippen molar-refractivity contribution in [2.24, 2.45) is 0 Å². The lowest BCUT2D eigenvalue weighted by molar-refractivity contribution is 0.102. The topological polar surface area (TPSA) is 21.8 Å². The van der Waals surface area contributed by atoms with Gasteiger partial charge in [0, 0.05) is 13.0 Å². The SMILES string of the molecule is ClCC1(CCOCc2ccccc2)CO1. The second kappa shape index (κ2) is 4.97. The molecular formula is C12H15ClO2. The zero-order chi connectivity index (χ0) is 10.6. The van der Waals surface area contributed by atoms with E-state index in [1.165, 1.54) is 5.56 Å². The highest BCUT2D eigenvalue weighted by Crippen LogP contribution is 2.31. The third kappa shape index (κ3) is 3.20. The molecule has 15 heavy (non-hydrogen) atoms. The van der Waals surface area contributed by atoms with Gasteiger partial charge in [0.05, 0.1) is 19.1 Å². The first kappa shape index (κ1) is 10.9. The fourth-order valence-corrected chi connectivity index (χ4v) is 1.70. The Kier molecular flexibility index (Phi) is 3.62. The van der Waals surface area contributed by atoms with E-state index in [0.717, 1.165) is 13.0 Å². The molecule has 2 nitrogen and oxygen atoms in total. The fraction of sp³-hybridized carbons (Fsp3) is 0.500. The van der Waals surface area contributed by atoms with Gasteiger partial charge in [-0.2, -0.15) is 0 Å². The lowest BCUT2D eigenvalue weighted by atomic mass is 10.1. The van der Waals surface area contributed by atoms with Gasteiger partial charge in [-0.05, 0) is 5.56 Å². The Hall–Kier alpha value is -0.570. The van der Waals surface area contributed by atoms with Crippen molar-refractivity contribution in [1.29, 1.82) is 0 Å². The number of epoxide rings is 1. The molecule has 0 aromatic heterocycles. The van der Waals surface area contributed by atoms with Crippen LogP contribution in [0.4, 0.5) is 0 Å². The van der Waals surface area contributed by atoms with Crippen molar-refractivity contribution in [3.05, 3.63) is 35.9 Å². The minimum absolute atomic E-state index is 0.0712. The highest BCUT2D eigenvalue weighted by Gasteiger charge is 2.43. The van der Waals surface area contributed by atoms with E-state index in [-0.39, 0.29) is 5.60 Å². The maximum absolute atomic E-state index is 5.77. The summed E-state index contributed by atoms with van der Waals surface area (Å²) in [4.78, 5) is 0. The number of halogens is 1. The summed E-state index contributed by atoms with van der Waals surface area (Å²) in [6.07, 6.45) is 0.892. The van der Waals surface area contributed by atoms with Gasteiger partial charge in [-0.3, -0.25) is 0 Å². The lowest BCUT2D eigenvalue weighted by Crippen LogP contribution is -2.16. The summed E-state index contributed by atoms with van der Waals surface area (Å²) >= 11 is 5.77. The van der Waals surface area contributed by atoms with Gasteiger partial charge in [0.2, 0.25) is 0 Å². The molecule has 0 aliphatic carbocycles. The highest BCUT2D eigenvalue weighted by molar-refractivity contribution is 6.18. The molecule has 1 aromatic carbocycles. The fourth-order valence-electron chi connectivity index (χ4n) is 1.41. The molecule has 2 rings (SSSR count). The minimum Gasteiger partial charge on any atom is -0.377 e. The Balaban J connectivity index is 1.63. The third-order valence-corrected chi connectivity index (χ3v) is 3.10. The monoisotopic (exact) mass is 226 g/mol. The van der Waals surface area contributed by atoms with E-state index in [9.17, 15) is 0 Å². The second-order valence-corrected chi connectivity index (χ2v) is 4.16. The molecule has 0 N–H and O–H groups in total. The van der Waals surface area contributed by atoms with E-state index in [0.29, 0.717) is 19.1 Å². The number of hydrogen-bond donors (Lipinski definition) is 0. The molecule has 1 unspecified atom stereocenters. The molecule has 0 amide bonds. The summed E-state index contributed by atoms with van der Waals surface area (Å²) in [6, 6.07) is 10.2. The van der Waals surface area contributed by atoms with Crippen molar-refractivity contribution in [1.82, 2.24) is 0 Å². The summed E-state index contributed by atoms with van der Waals surface area (Å²) in [7, 11) is 0. The van der Waals surface area contributed by atoms with Gasteiger partial charge in [-0.15, -0.1) is 11.6 Å². The van der Waals surface area contributed by atoms with Crippen LogP contribution in [0.5, 0.6) is 0 Å². The number of ether oxygens (including phenoxy) is 2. The van der Waals surface area contributed by atoms with Crippen molar-refractivity contribution >= 4 is 11.6 Å². The van der Waals surface area contributed by atoms with Crippen LogP contribution in [-0.2, 0) is 16.1 Å². The second-order valence-electron chi connectivity index (χ2n) is 3.89. The highest BCUT2D eigenvalue weighted by atomic mass is 35.5. The zero-order valence-electron chi connectivity index (χ0n) is 8.62. The van der Waals surface area contributed by atoms with Crippen LogP contribution in [0.25, 0.3) is 0 Å². The van der Waals surface area contributed by atoms with Crippen molar-refractivity contribution in [3.8, 4) is 0 Å². The maximum Gasteiger partial charge on any atom is 0.107 e. The van der Waals surface area contributed by atoms with Crippen LogP contribution >= 0.6 is 11.6 Å². The quantitative estimate of drug-likeness (QED) is 0.423. The lowest BCUT2D eigenvalue weighted by Gasteiger charge is -2.08. The molecule has 1 aliphatic rings. The number of alkyl halides is 1. The number of benzene rings is 1. The molecular weight excluding hydrogens is 212 g/mol. The van der Waals surface area contributed by atoms with E-state index >= 15 is 0 Å². The molecule has 1 saturated heterocycles. The van der Waals surface area contributed by atoms with Gasteiger partial charge < -0.3 is 9.47 Å². The van der Waals surface area contributed by atoms with Gasteiger partial charge >= 0.3 is 0 Å². The first-order valence-electron chi connectivity index (χ1n) is 5.16. The van der Waals surface area contributed by atoms with E-state index in [4.69, 9.17) is 21.1 Å². The Labute approximate surface area is 95.1 Å².